The molecule has 1 unspecified atom stereocenters. The molecule has 3 rings (SSSR count). The Morgan fingerprint density at radius 2 is 1.76 bits per heavy atom. The first-order chi connectivity index (χ1) is 15.7. The molecule has 0 aliphatic carbocycles. The second-order valence-corrected chi connectivity index (χ2v) is 8.74. The number of anilines is 1. The van der Waals surface area contributed by atoms with Crippen molar-refractivity contribution in [1.82, 2.24) is 5.32 Å². The molecule has 1 aromatic heterocycles. The van der Waals surface area contributed by atoms with E-state index in [0.29, 0.717) is 11.5 Å². The molecule has 3 N–H and O–H groups in total. The van der Waals surface area contributed by atoms with Gasteiger partial charge in [-0.05, 0) is 56.0 Å². The maximum atomic E-state index is 12.3. The summed E-state index contributed by atoms with van der Waals surface area (Å²) in [7, 11) is 0. The van der Waals surface area contributed by atoms with Gasteiger partial charge in [0.2, 0.25) is 0 Å². The van der Waals surface area contributed by atoms with Crippen molar-refractivity contribution in [3.05, 3.63) is 77.0 Å². The smallest absolute Gasteiger partial charge is 0.305 e. The Morgan fingerprint density at radius 3 is 2.39 bits per heavy atom. The van der Waals surface area contributed by atoms with Crippen LogP contribution in [0.25, 0.3) is 11.3 Å². The van der Waals surface area contributed by atoms with E-state index in [4.69, 9.17) is 9.52 Å². The molecule has 0 saturated heterocycles. The van der Waals surface area contributed by atoms with Crippen LogP contribution in [0.5, 0.6) is 0 Å². The molecule has 1 heterocycles. The van der Waals surface area contributed by atoms with Gasteiger partial charge in [-0.25, -0.2) is 0 Å². The molecular formula is C27H32N2O4. The quantitative estimate of drug-likeness (QED) is 0.355. The van der Waals surface area contributed by atoms with Crippen LogP contribution in [0.4, 0.5) is 5.69 Å². The van der Waals surface area contributed by atoms with Crippen molar-refractivity contribution < 1.29 is 19.1 Å². The number of carboxylic acids is 1. The number of aliphatic carboxylic acids is 1. The van der Waals surface area contributed by atoms with Crippen LogP contribution in [0.2, 0.25) is 0 Å². The number of carboxylic acid groups (broad SMARTS) is 1. The molecule has 3 aromatic rings. The van der Waals surface area contributed by atoms with Gasteiger partial charge >= 0.3 is 5.97 Å². The lowest BCUT2D eigenvalue weighted by Gasteiger charge is -2.23. The highest BCUT2D eigenvalue weighted by Gasteiger charge is 2.21. The van der Waals surface area contributed by atoms with E-state index >= 15 is 0 Å². The lowest BCUT2D eigenvalue weighted by Crippen LogP contribution is -2.26. The predicted molar refractivity (Wildman–Crippen MR) is 130 cm³/mol. The fraction of sp³-hybridized carbons (Fsp3) is 0.333. The predicted octanol–water partition coefficient (Wildman–Crippen LogP) is 5.97. The van der Waals surface area contributed by atoms with Crippen LogP contribution in [-0.2, 0) is 4.79 Å². The number of carbonyl (C=O) groups excluding carboxylic acids is 1. The summed E-state index contributed by atoms with van der Waals surface area (Å²) >= 11 is 0. The van der Waals surface area contributed by atoms with Crippen molar-refractivity contribution >= 4 is 17.6 Å². The lowest BCUT2D eigenvalue weighted by atomic mass is 9.96. The Bertz CT molecular complexity index is 1100. The number of amides is 1. The minimum atomic E-state index is -0.938. The Hall–Kier alpha value is -3.54. The highest BCUT2D eigenvalue weighted by molar-refractivity contribution is 5.95. The number of hydrogen-bond donors (Lipinski definition) is 3. The van der Waals surface area contributed by atoms with Gasteiger partial charge in [-0.3, -0.25) is 9.59 Å². The molecule has 33 heavy (non-hydrogen) atoms. The van der Waals surface area contributed by atoms with E-state index in [0.717, 1.165) is 40.3 Å². The summed E-state index contributed by atoms with van der Waals surface area (Å²) in [6.45, 7) is 8.45. The summed E-state index contributed by atoms with van der Waals surface area (Å²) in [6.07, 6.45) is 0.821. The fourth-order valence-electron chi connectivity index (χ4n) is 3.86. The summed E-state index contributed by atoms with van der Waals surface area (Å²) in [4.78, 5) is 23.0. The van der Waals surface area contributed by atoms with Crippen LogP contribution in [0.3, 0.4) is 0 Å². The molecular weight excluding hydrogens is 416 g/mol. The van der Waals surface area contributed by atoms with Gasteiger partial charge in [-0.15, -0.1) is 0 Å². The first-order valence-corrected chi connectivity index (χ1v) is 11.3. The van der Waals surface area contributed by atoms with E-state index in [1.807, 2.05) is 56.3 Å². The van der Waals surface area contributed by atoms with Gasteiger partial charge in [-0.1, -0.05) is 44.2 Å². The Labute approximate surface area is 195 Å². The third-order valence-corrected chi connectivity index (χ3v) is 5.54. The molecule has 0 aliphatic heterocycles. The first kappa shape index (κ1) is 24.1. The number of carbonyl (C=O) groups is 2. The normalized spacial score (nSPS) is 11.9. The van der Waals surface area contributed by atoms with E-state index < -0.39 is 5.97 Å². The minimum Gasteiger partial charge on any atom is -0.481 e. The van der Waals surface area contributed by atoms with E-state index in [9.17, 15) is 9.59 Å². The molecule has 1 atom stereocenters. The van der Waals surface area contributed by atoms with Crippen LogP contribution in [0.15, 0.2) is 59.0 Å². The number of rotatable bonds is 10. The molecule has 0 saturated carbocycles. The number of hydrogen-bond acceptors (Lipinski definition) is 4. The third-order valence-electron chi connectivity index (χ3n) is 5.54. The molecule has 0 spiro atoms. The van der Waals surface area contributed by atoms with Gasteiger partial charge in [-0.2, -0.15) is 0 Å². The first-order valence-electron chi connectivity index (χ1n) is 11.3. The van der Waals surface area contributed by atoms with E-state index in [-0.39, 0.29) is 24.9 Å². The Balaban J connectivity index is 1.80. The molecule has 6 heteroatoms. The fourth-order valence-corrected chi connectivity index (χ4v) is 3.86. The second kappa shape index (κ2) is 10.9. The number of furan rings is 1. The molecule has 6 nitrogen and oxygen atoms in total. The monoisotopic (exact) mass is 448 g/mol. The maximum absolute atomic E-state index is 12.3. The average molecular weight is 449 g/mol. The van der Waals surface area contributed by atoms with Crippen molar-refractivity contribution in [1.29, 1.82) is 0 Å². The van der Waals surface area contributed by atoms with Gasteiger partial charge in [0.15, 0.2) is 0 Å². The van der Waals surface area contributed by atoms with Crippen molar-refractivity contribution in [2.45, 2.75) is 46.6 Å². The molecule has 174 valence electrons. The van der Waals surface area contributed by atoms with Crippen molar-refractivity contribution in [2.24, 2.45) is 5.92 Å². The maximum Gasteiger partial charge on any atom is 0.305 e. The van der Waals surface area contributed by atoms with Gasteiger partial charge in [0.1, 0.15) is 11.5 Å². The minimum absolute atomic E-state index is 0.0557. The molecule has 0 radical (unpaired) electrons. The highest BCUT2D eigenvalue weighted by Crippen LogP contribution is 2.34. The highest BCUT2D eigenvalue weighted by atomic mass is 16.4. The lowest BCUT2D eigenvalue weighted by molar-refractivity contribution is -0.136. The van der Waals surface area contributed by atoms with Crippen LogP contribution in [-0.4, -0.2) is 23.5 Å². The van der Waals surface area contributed by atoms with E-state index in [1.165, 1.54) is 0 Å². The summed E-state index contributed by atoms with van der Waals surface area (Å²) in [5.41, 5.74) is 4.57. The Kier molecular flexibility index (Phi) is 7.93. The van der Waals surface area contributed by atoms with Gasteiger partial charge in [0.25, 0.3) is 5.91 Å². The van der Waals surface area contributed by atoms with E-state index in [2.05, 4.69) is 30.5 Å². The van der Waals surface area contributed by atoms with Crippen molar-refractivity contribution in [2.75, 3.05) is 11.9 Å². The topological polar surface area (TPSA) is 91.6 Å². The van der Waals surface area contributed by atoms with Crippen molar-refractivity contribution in [3.8, 4) is 11.3 Å². The molecule has 0 fully saturated rings. The zero-order valence-corrected chi connectivity index (χ0v) is 19.6. The van der Waals surface area contributed by atoms with E-state index in [1.54, 1.807) is 6.07 Å². The molecule has 1 amide bonds. The van der Waals surface area contributed by atoms with Gasteiger partial charge in [0, 0.05) is 28.9 Å². The van der Waals surface area contributed by atoms with Crippen molar-refractivity contribution in [3.63, 3.8) is 0 Å². The average Bonchev–Trinajstić information content (AvgIpc) is 3.16. The van der Waals surface area contributed by atoms with Crippen LogP contribution >= 0.6 is 0 Å². The number of aryl methyl sites for hydroxylation is 2. The number of nitrogens with one attached hydrogen (secondary N) is 2. The third kappa shape index (κ3) is 6.48. The summed E-state index contributed by atoms with van der Waals surface area (Å²) in [6, 6.07) is 17.7. The molecule has 2 aromatic carbocycles. The van der Waals surface area contributed by atoms with Crippen LogP contribution < -0.4 is 10.6 Å². The van der Waals surface area contributed by atoms with Crippen LogP contribution in [0.1, 0.15) is 60.0 Å². The standard InChI is InChI=1S/C27H32N2O4/c1-17(2)14-24(22-16-25(33-19(22)4)20-8-6-5-7-9-20)29-23-11-10-21(15-18(23)3)27(32)28-13-12-26(30)31/h5-11,15-17,24,29H,12-14H2,1-4H3,(H,28,32)(H,30,31). The largest absolute Gasteiger partial charge is 0.481 e. The summed E-state index contributed by atoms with van der Waals surface area (Å²) in [5.74, 6) is 0.995. The molecule has 0 aliphatic rings. The zero-order chi connectivity index (χ0) is 24.0. The SMILES string of the molecule is Cc1cc(C(=O)NCCC(=O)O)ccc1NC(CC(C)C)c1cc(-c2ccccc2)oc1C. The van der Waals surface area contributed by atoms with Gasteiger partial charge < -0.3 is 20.2 Å². The summed E-state index contributed by atoms with van der Waals surface area (Å²) in [5, 5.41) is 15.0. The van der Waals surface area contributed by atoms with Gasteiger partial charge in [0.05, 0.1) is 12.5 Å². The number of benzene rings is 2. The summed E-state index contributed by atoms with van der Waals surface area (Å²) < 4.78 is 6.10. The zero-order valence-electron chi connectivity index (χ0n) is 19.6. The Morgan fingerprint density at radius 1 is 1.03 bits per heavy atom. The molecule has 0 bridgehead atoms. The second-order valence-electron chi connectivity index (χ2n) is 8.74. The van der Waals surface area contributed by atoms with Crippen LogP contribution in [0, 0.1) is 19.8 Å².